The van der Waals surface area contributed by atoms with Gasteiger partial charge in [0.05, 0.1) is 11.9 Å². The van der Waals surface area contributed by atoms with Gasteiger partial charge in [-0.25, -0.2) is 4.98 Å². The summed E-state index contributed by atoms with van der Waals surface area (Å²) in [6.07, 6.45) is 4.86. The molecule has 1 aromatic heterocycles. The van der Waals surface area contributed by atoms with Crippen molar-refractivity contribution in [2.24, 2.45) is 5.16 Å². The van der Waals surface area contributed by atoms with Crippen molar-refractivity contribution in [1.29, 1.82) is 0 Å². The van der Waals surface area contributed by atoms with Gasteiger partial charge in [0.25, 0.3) is 5.91 Å². The molecule has 0 aliphatic carbocycles. The van der Waals surface area contributed by atoms with Gasteiger partial charge in [-0.3, -0.25) is 4.79 Å². The van der Waals surface area contributed by atoms with Crippen LogP contribution in [0.25, 0.3) is 0 Å². The van der Waals surface area contributed by atoms with Crippen molar-refractivity contribution < 1.29 is 10.0 Å². The summed E-state index contributed by atoms with van der Waals surface area (Å²) in [5, 5.41) is 14.3. The number of hydrogen-bond donors (Lipinski definition) is 2. The Morgan fingerprint density at radius 2 is 2.27 bits per heavy atom. The summed E-state index contributed by atoms with van der Waals surface area (Å²) in [6, 6.07) is 0. The maximum Gasteiger partial charge on any atom is 0.271 e. The van der Waals surface area contributed by atoms with Crippen LogP contribution in [0.15, 0.2) is 23.9 Å². The molecule has 1 aromatic rings. The predicted molar refractivity (Wildman–Crippen MR) is 54.8 cm³/mol. The fourth-order valence-electron chi connectivity index (χ4n) is 1.28. The molecule has 1 amide bonds. The van der Waals surface area contributed by atoms with Gasteiger partial charge in [-0.15, -0.1) is 0 Å². The Balaban J connectivity index is 3.09. The molecule has 0 bridgehead atoms. The number of nitrogens with zero attached hydrogens (tertiary/aromatic N) is 3. The third-order valence-corrected chi connectivity index (χ3v) is 2.27. The summed E-state index contributed by atoms with van der Waals surface area (Å²) in [6.45, 7) is 3.53. The van der Waals surface area contributed by atoms with Crippen LogP contribution in [0.3, 0.4) is 0 Å². The molecule has 1 rings (SSSR count). The molecule has 6 heteroatoms. The number of carbonyl (C=O) groups excluding carboxylic acids is 1. The molecule has 6 nitrogen and oxygen atoms in total. The van der Waals surface area contributed by atoms with E-state index in [-0.39, 0.29) is 5.71 Å². The van der Waals surface area contributed by atoms with Gasteiger partial charge in [-0.1, -0.05) is 5.16 Å². The van der Waals surface area contributed by atoms with Crippen molar-refractivity contribution in [2.75, 3.05) is 7.05 Å². The zero-order valence-electron chi connectivity index (χ0n) is 8.93. The molecule has 15 heavy (non-hydrogen) atoms. The first-order valence-electron chi connectivity index (χ1n) is 4.47. The molecule has 0 spiro atoms. The standard InChI is InChI=1S/C9H14N4O2/c1-9(2,13-5-4-11-6-13)7(12-15)8(14)10-3/h4-6,15H,1-3H3,(H,10,14)/b12-7-. The lowest BCUT2D eigenvalue weighted by Gasteiger charge is -2.25. The highest BCUT2D eigenvalue weighted by Gasteiger charge is 2.32. The van der Waals surface area contributed by atoms with Crippen LogP contribution in [-0.2, 0) is 10.3 Å². The molecule has 1 heterocycles. The van der Waals surface area contributed by atoms with Crippen LogP contribution >= 0.6 is 0 Å². The van der Waals surface area contributed by atoms with Gasteiger partial charge in [0.2, 0.25) is 0 Å². The molecule has 2 N–H and O–H groups in total. The van der Waals surface area contributed by atoms with Gasteiger partial charge < -0.3 is 15.1 Å². The number of amides is 1. The van der Waals surface area contributed by atoms with Crippen molar-refractivity contribution in [3.8, 4) is 0 Å². The number of imidazole rings is 1. The molecule has 0 fully saturated rings. The number of nitrogens with one attached hydrogen (secondary N) is 1. The second-order valence-electron chi connectivity index (χ2n) is 3.56. The van der Waals surface area contributed by atoms with Crippen LogP contribution in [0, 0.1) is 0 Å². The minimum Gasteiger partial charge on any atom is -0.410 e. The minimum atomic E-state index is -0.745. The van der Waals surface area contributed by atoms with Crippen molar-refractivity contribution >= 4 is 11.6 Å². The maximum absolute atomic E-state index is 11.4. The van der Waals surface area contributed by atoms with E-state index in [4.69, 9.17) is 5.21 Å². The fourth-order valence-corrected chi connectivity index (χ4v) is 1.28. The molecule has 0 saturated heterocycles. The molecule has 0 saturated carbocycles. The highest BCUT2D eigenvalue weighted by molar-refractivity contribution is 6.41. The van der Waals surface area contributed by atoms with Crippen LogP contribution in [0.4, 0.5) is 0 Å². The smallest absolute Gasteiger partial charge is 0.271 e. The zero-order valence-corrected chi connectivity index (χ0v) is 8.93. The molecule has 0 aromatic carbocycles. The summed E-state index contributed by atoms with van der Waals surface area (Å²) < 4.78 is 1.69. The monoisotopic (exact) mass is 210 g/mol. The Hall–Kier alpha value is -1.85. The topological polar surface area (TPSA) is 79.5 Å². The lowest BCUT2D eigenvalue weighted by Crippen LogP contribution is -2.44. The van der Waals surface area contributed by atoms with Crippen LogP contribution in [-0.4, -0.2) is 33.4 Å². The highest BCUT2D eigenvalue weighted by atomic mass is 16.4. The van der Waals surface area contributed by atoms with Gasteiger partial charge >= 0.3 is 0 Å². The molecular formula is C9H14N4O2. The number of hydrogen-bond acceptors (Lipinski definition) is 4. The van der Waals surface area contributed by atoms with E-state index in [9.17, 15) is 4.79 Å². The first kappa shape index (κ1) is 11.2. The molecule has 0 aliphatic rings. The lowest BCUT2D eigenvalue weighted by atomic mass is 9.97. The molecule has 0 radical (unpaired) electrons. The predicted octanol–water partition coefficient (Wildman–Crippen LogP) is 0.194. The fraction of sp³-hybridized carbons (Fsp3) is 0.444. The van der Waals surface area contributed by atoms with Crippen LogP contribution in [0.5, 0.6) is 0 Å². The number of oxime groups is 1. The van der Waals surface area contributed by atoms with Crippen molar-refractivity contribution in [2.45, 2.75) is 19.4 Å². The average molecular weight is 210 g/mol. The molecular weight excluding hydrogens is 196 g/mol. The SMILES string of the molecule is CNC(=O)/C(=N/O)C(C)(C)n1ccnc1. The number of aromatic nitrogens is 2. The van der Waals surface area contributed by atoms with Gasteiger partial charge in [-0.2, -0.15) is 0 Å². The summed E-state index contributed by atoms with van der Waals surface area (Å²) >= 11 is 0. The summed E-state index contributed by atoms with van der Waals surface area (Å²) in [7, 11) is 1.48. The van der Waals surface area contributed by atoms with Crippen LogP contribution in [0.2, 0.25) is 0 Å². The first-order valence-corrected chi connectivity index (χ1v) is 4.47. The normalized spacial score (nSPS) is 12.6. The number of rotatable bonds is 3. The van der Waals surface area contributed by atoms with Crippen LogP contribution in [0.1, 0.15) is 13.8 Å². The Bertz CT molecular complexity index is 367. The summed E-state index contributed by atoms with van der Waals surface area (Å²) in [5.74, 6) is -0.420. The third kappa shape index (κ3) is 1.98. The average Bonchev–Trinajstić information content (AvgIpc) is 2.71. The highest BCUT2D eigenvalue weighted by Crippen LogP contribution is 2.16. The van der Waals surface area contributed by atoms with E-state index in [2.05, 4.69) is 15.5 Å². The van der Waals surface area contributed by atoms with Crippen molar-refractivity contribution in [1.82, 2.24) is 14.9 Å². The second-order valence-corrected chi connectivity index (χ2v) is 3.56. The van der Waals surface area contributed by atoms with Crippen molar-refractivity contribution in [3.05, 3.63) is 18.7 Å². The summed E-state index contributed by atoms with van der Waals surface area (Å²) in [4.78, 5) is 15.3. The van der Waals surface area contributed by atoms with Crippen molar-refractivity contribution in [3.63, 3.8) is 0 Å². The van der Waals surface area contributed by atoms with E-state index in [0.29, 0.717) is 0 Å². The van der Waals surface area contributed by atoms with E-state index in [1.54, 1.807) is 37.1 Å². The zero-order chi connectivity index (χ0) is 11.5. The molecule has 0 unspecified atom stereocenters. The quantitative estimate of drug-likeness (QED) is 0.424. The molecule has 0 aliphatic heterocycles. The Morgan fingerprint density at radius 3 is 2.67 bits per heavy atom. The van der Waals surface area contributed by atoms with E-state index < -0.39 is 11.4 Å². The minimum absolute atomic E-state index is 0.0306. The Morgan fingerprint density at radius 1 is 1.60 bits per heavy atom. The first-order chi connectivity index (χ1) is 7.04. The maximum atomic E-state index is 11.4. The molecule has 82 valence electrons. The second kappa shape index (κ2) is 4.12. The lowest BCUT2D eigenvalue weighted by molar-refractivity contribution is -0.114. The van der Waals surface area contributed by atoms with Gasteiger partial charge in [0.1, 0.15) is 0 Å². The summed E-state index contributed by atoms with van der Waals surface area (Å²) in [5.41, 5.74) is -0.714. The largest absolute Gasteiger partial charge is 0.410 e. The van der Waals surface area contributed by atoms with E-state index >= 15 is 0 Å². The number of carbonyl (C=O) groups is 1. The molecule has 0 atom stereocenters. The third-order valence-electron chi connectivity index (χ3n) is 2.27. The van der Waals surface area contributed by atoms with E-state index in [1.807, 2.05) is 0 Å². The Labute approximate surface area is 87.6 Å². The van der Waals surface area contributed by atoms with Gasteiger partial charge in [0, 0.05) is 19.4 Å². The van der Waals surface area contributed by atoms with Gasteiger partial charge in [-0.05, 0) is 13.8 Å². The van der Waals surface area contributed by atoms with E-state index in [0.717, 1.165) is 0 Å². The van der Waals surface area contributed by atoms with Crippen LogP contribution < -0.4 is 5.32 Å². The van der Waals surface area contributed by atoms with Gasteiger partial charge in [0.15, 0.2) is 5.71 Å². The van der Waals surface area contributed by atoms with E-state index in [1.165, 1.54) is 7.05 Å². The Kier molecular flexibility index (Phi) is 3.08.